The smallest absolute Gasteiger partial charge is 0.261 e. The van der Waals surface area contributed by atoms with Crippen LogP contribution in [0.25, 0.3) is 10.6 Å². The summed E-state index contributed by atoms with van der Waals surface area (Å²) in [7, 11) is 0. The molecule has 146 valence electrons. The SMILES string of the molecule is O=C(Nc1nc(-c2ccc(Cl)s2)cs1)c1ccccc1OCc1ccccc1Cl. The number of nitrogens with one attached hydrogen (secondary N) is 1. The van der Waals surface area contributed by atoms with E-state index in [-0.39, 0.29) is 12.5 Å². The van der Waals surface area contributed by atoms with E-state index in [4.69, 9.17) is 27.9 Å². The average Bonchev–Trinajstić information content (AvgIpc) is 3.36. The molecule has 0 atom stereocenters. The number of hydrogen-bond donors (Lipinski definition) is 1. The summed E-state index contributed by atoms with van der Waals surface area (Å²) in [4.78, 5) is 18.2. The van der Waals surface area contributed by atoms with E-state index in [9.17, 15) is 4.79 Å². The molecule has 0 saturated heterocycles. The van der Waals surface area contributed by atoms with Crippen molar-refractivity contribution in [1.29, 1.82) is 0 Å². The highest BCUT2D eigenvalue weighted by Crippen LogP contribution is 2.33. The number of thiazole rings is 1. The average molecular weight is 461 g/mol. The molecule has 0 unspecified atom stereocenters. The van der Waals surface area contributed by atoms with Crippen LogP contribution in [0.1, 0.15) is 15.9 Å². The number of amides is 1. The van der Waals surface area contributed by atoms with Crippen LogP contribution in [-0.2, 0) is 6.61 Å². The molecule has 2 aromatic carbocycles. The first kappa shape index (κ1) is 19.9. The van der Waals surface area contributed by atoms with E-state index in [2.05, 4.69) is 10.3 Å². The fourth-order valence-corrected chi connectivity index (χ4v) is 4.59. The number of thiophene rings is 1. The number of carbonyl (C=O) groups excluding carboxylic acids is 1. The van der Waals surface area contributed by atoms with Gasteiger partial charge in [0.25, 0.3) is 5.91 Å². The zero-order chi connectivity index (χ0) is 20.2. The minimum absolute atomic E-state index is 0.268. The summed E-state index contributed by atoms with van der Waals surface area (Å²) >= 11 is 15.0. The van der Waals surface area contributed by atoms with Crippen molar-refractivity contribution in [3.05, 3.63) is 86.5 Å². The van der Waals surface area contributed by atoms with Crippen molar-refractivity contribution < 1.29 is 9.53 Å². The molecule has 0 bridgehead atoms. The zero-order valence-corrected chi connectivity index (χ0v) is 18.0. The molecule has 8 heteroatoms. The van der Waals surface area contributed by atoms with Gasteiger partial charge in [-0.2, -0.15) is 0 Å². The highest BCUT2D eigenvalue weighted by Gasteiger charge is 2.15. The van der Waals surface area contributed by atoms with Crippen LogP contribution in [-0.4, -0.2) is 10.9 Å². The van der Waals surface area contributed by atoms with E-state index >= 15 is 0 Å². The Balaban J connectivity index is 1.48. The maximum Gasteiger partial charge on any atom is 0.261 e. The van der Waals surface area contributed by atoms with E-state index in [1.54, 1.807) is 24.3 Å². The number of anilines is 1. The van der Waals surface area contributed by atoms with Gasteiger partial charge in [0.1, 0.15) is 12.4 Å². The first-order valence-electron chi connectivity index (χ1n) is 8.58. The summed E-state index contributed by atoms with van der Waals surface area (Å²) in [6.07, 6.45) is 0. The summed E-state index contributed by atoms with van der Waals surface area (Å²) in [5, 5.41) is 5.86. The van der Waals surface area contributed by atoms with Crippen LogP contribution in [0.4, 0.5) is 5.13 Å². The maximum absolute atomic E-state index is 12.8. The predicted molar refractivity (Wildman–Crippen MR) is 121 cm³/mol. The number of nitrogens with zero attached hydrogens (tertiary/aromatic N) is 1. The molecule has 0 spiro atoms. The molecule has 2 aromatic heterocycles. The van der Waals surface area contributed by atoms with Crippen LogP contribution in [0.15, 0.2) is 66.0 Å². The fraction of sp³-hybridized carbons (Fsp3) is 0.0476. The molecule has 0 radical (unpaired) electrons. The molecular weight excluding hydrogens is 447 g/mol. The van der Waals surface area contributed by atoms with Crippen molar-refractivity contribution in [2.45, 2.75) is 6.61 Å². The Bertz CT molecular complexity index is 1160. The quantitative estimate of drug-likeness (QED) is 0.336. The predicted octanol–water partition coefficient (Wildman–Crippen LogP) is 7.01. The van der Waals surface area contributed by atoms with Crippen molar-refractivity contribution in [2.75, 3.05) is 5.32 Å². The molecule has 0 fully saturated rings. The number of carbonyl (C=O) groups is 1. The minimum atomic E-state index is -0.287. The number of rotatable bonds is 6. The van der Waals surface area contributed by atoms with E-state index in [0.717, 1.165) is 16.1 Å². The summed E-state index contributed by atoms with van der Waals surface area (Å²) in [6, 6.07) is 18.3. The topological polar surface area (TPSA) is 51.2 Å². The minimum Gasteiger partial charge on any atom is -0.488 e. The third kappa shape index (κ3) is 4.79. The number of ether oxygens (including phenoxy) is 1. The Kier molecular flexibility index (Phi) is 6.16. The lowest BCUT2D eigenvalue weighted by Gasteiger charge is -2.11. The lowest BCUT2D eigenvalue weighted by molar-refractivity contribution is 0.102. The van der Waals surface area contributed by atoms with Gasteiger partial charge in [-0.15, -0.1) is 22.7 Å². The fourth-order valence-electron chi connectivity index (χ4n) is 2.61. The van der Waals surface area contributed by atoms with Crippen LogP contribution in [0.5, 0.6) is 5.75 Å². The Morgan fingerprint density at radius 1 is 1.03 bits per heavy atom. The summed E-state index contributed by atoms with van der Waals surface area (Å²) in [5.74, 6) is 0.191. The molecular formula is C21H14Cl2N2O2S2. The second-order valence-electron chi connectivity index (χ2n) is 5.97. The molecule has 1 N–H and O–H groups in total. The number of aromatic nitrogens is 1. The molecule has 4 nitrogen and oxygen atoms in total. The zero-order valence-electron chi connectivity index (χ0n) is 14.9. The van der Waals surface area contributed by atoms with Gasteiger partial charge in [0.05, 0.1) is 20.5 Å². The normalized spacial score (nSPS) is 10.7. The molecule has 0 aliphatic rings. The van der Waals surface area contributed by atoms with E-state index < -0.39 is 0 Å². The Morgan fingerprint density at radius 2 is 1.83 bits per heavy atom. The van der Waals surface area contributed by atoms with Crippen LogP contribution in [0, 0.1) is 0 Å². The molecule has 0 aliphatic carbocycles. The molecule has 1 amide bonds. The van der Waals surface area contributed by atoms with Crippen LogP contribution < -0.4 is 10.1 Å². The Hall–Kier alpha value is -2.38. The standard InChI is InChI=1S/C21H14Cl2N2O2S2/c22-15-7-3-1-5-13(15)11-27-17-8-4-2-6-14(17)20(26)25-21-24-16(12-28-21)18-9-10-19(23)29-18/h1-10,12H,11H2,(H,24,25,26). The lowest BCUT2D eigenvalue weighted by atomic mass is 10.2. The second-order valence-corrected chi connectivity index (χ2v) is 8.95. The third-order valence-electron chi connectivity index (χ3n) is 4.02. The summed E-state index contributed by atoms with van der Waals surface area (Å²) in [5.41, 5.74) is 2.06. The molecule has 2 heterocycles. The monoisotopic (exact) mass is 460 g/mol. The van der Waals surface area contributed by atoms with Gasteiger partial charge >= 0.3 is 0 Å². The lowest BCUT2D eigenvalue weighted by Crippen LogP contribution is -2.13. The van der Waals surface area contributed by atoms with Gasteiger partial charge in [-0.1, -0.05) is 53.5 Å². The van der Waals surface area contributed by atoms with E-state index in [1.165, 1.54) is 22.7 Å². The summed E-state index contributed by atoms with van der Waals surface area (Å²) < 4.78 is 6.56. The maximum atomic E-state index is 12.8. The van der Waals surface area contributed by atoms with Gasteiger partial charge in [-0.3, -0.25) is 10.1 Å². The number of benzene rings is 2. The van der Waals surface area contributed by atoms with Gasteiger partial charge in [0.2, 0.25) is 0 Å². The first-order valence-corrected chi connectivity index (χ1v) is 11.0. The third-order valence-corrected chi connectivity index (χ3v) is 6.40. The highest BCUT2D eigenvalue weighted by atomic mass is 35.5. The van der Waals surface area contributed by atoms with E-state index in [1.807, 2.05) is 41.8 Å². The summed E-state index contributed by atoms with van der Waals surface area (Å²) in [6.45, 7) is 0.268. The van der Waals surface area contributed by atoms with Crippen molar-refractivity contribution in [3.63, 3.8) is 0 Å². The van der Waals surface area contributed by atoms with Gasteiger partial charge < -0.3 is 4.74 Å². The van der Waals surface area contributed by atoms with Gasteiger partial charge in [-0.25, -0.2) is 4.98 Å². The van der Waals surface area contributed by atoms with Gasteiger partial charge in [0.15, 0.2) is 5.13 Å². The van der Waals surface area contributed by atoms with Crippen molar-refractivity contribution in [3.8, 4) is 16.3 Å². The van der Waals surface area contributed by atoms with Crippen LogP contribution in [0.2, 0.25) is 9.36 Å². The second kappa shape index (κ2) is 8.97. The van der Waals surface area contributed by atoms with Gasteiger partial charge in [0, 0.05) is 16.0 Å². The molecule has 4 rings (SSSR count). The number of para-hydroxylation sites is 1. The molecule has 0 aliphatic heterocycles. The largest absolute Gasteiger partial charge is 0.488 e. The van der Waals surface area contributed by atoms with Crippen LogP contribution in [0.3, 0.4) is 0 Å². The van der Waals surface area contributed by atoms with Gasteiger partial charge in [-0.05, 0) is 30.3 Å². The van der Waals surface area contributed by atoms with Crippen molar-refractivity contribution >= 4 is 56.9 Å². The number of hydrogen-bond acceptors (Lipinski definition) is 5. The molecule has 4 aromatic rings. The number of halogens is 2. The molecule has 0 saturated carbocycles. The highest BCUT2D eigenvalue weighted by molar-refractivity contribution is 7.20. The van der Waals surface area contributed by atoms with E-state index in [0.29, 0.717) is 25.8 Å². The first-order chi connectivity index (χ1) is 14.1. The van der Waals surface area contributed by atoms with Crippen molar-refractivity contribution in [1.82, 2.24) is 4.98 Å². The van der Waals surface area contributed by atoms with Crippen molar-refractivity contribution in [2.24, 2.45) is 0 Å². The van der Waals surface area contributed by atoms with Crippen LogP contribution >= 0.6 is 45.9 Å². The Labute approximate surface area is 185 Å². The molecule has 29 heavy (non-hydrogen) atoms. The Morgan fingerprint density at radius 3 is 2.62 bits per heavy atom.